The van der Waals surface area contributed by atoms with Crippen LogP contribution in [0.1, 0.15) is 30.5 Å². The maximum absolute atomic E-state index is 12.4. The fourth-order valence-electron chi connectivity index (χ4n) is 2.57. The van der Waals surface area contributed by atoms with Crippen molar-refractivity contribution in [3.05, 3.63) is 58.1 Å². The van der Waals surface area contributed by atoms with Crippen LogP contribution < -0.4 is 14.8 Å². The molecule has 5 heteroatoms. The second-order valence-electron chi connectivity index (χ2n) is 5.45. The predicted octanol–water partition coefficient (Wildman–Crippen LogP) is 4.28. The summed E-state index contributed by atoms with van der Waals surface area (Å²) in [4.78, 5) is 12.4. The van der Waals surface area contributed by atoms with E-state index in [9.17, 15) is 4.79 Å². The number of ether oxygens (including phenoxy) is 2. The van der Waals surface area contributed by atoms with Gasteiger partial charge < -0.3 is 14.8 Å². The number of hydrogen-bond donors (Lipinski definition) is 1. The van der Waals surface area contributed by atoms with Crippen molar-refractivity contribution in [1.29, 1.82) is 0 Å². The number of carbonyl (C=O) groups is 1. The lowest BCUT2D eigenvalue weighted by Gasteiger charge is -2.19. The van der Waals surface area contributed by atoms with Gasteiger partial charge in [0.15, 0.2) is 11.5 Å². The predicted molar refractivity (Wildman–Crippen MR) is 98.6 cm³/mol. The third-order valence-corrected chi connectivity index (χ3v) is 4.30. The van der Waals surface area contributed by atoms with Gasteiger partial charge in [-0.2, -0.15) is 0 Å². The van der Waals surface area contributed by atoms with Crippen molar-refractivity contribution in [3.63, 3.8) is 0 Å². The molecule has 4 nitrogen and oxygen atoms in total. The fraction of sp³-hybridized carbons (Fsp3) is 0.316. The van der Waals surface area contributed by atoms with Crippen LogP contribution in [0, 0.1) is 0 Å². The lowest BCUT2D eigenvalue weighted by Crippen LogP contribution is -2.29. The van der Waals surface area contributed by atoms with E-state index in [-0.39, 0.29) is 11.9 Å². The zero-order chi connectivity index (χ0) is 17.5. The summed E-state index contributed by atoms with van der Waals surface area (Å²) in [5.41, 5.74) is 1.97. The van der Waals surface area contributed by atoms with Gasteiger partial charge in [0.2, 0.25) is 5.91 Å². The van der Waals surface area contributed by atoms with E-state index in [1.54, 1.807) is 14.2 Å². The lowest BCUT2D eigenvalue weighted by molar-refractivity contribution is -0.121. The Morgan fingerprint density at radius 1 is 1.12 bits per heavy atom. The molecule has 0 bridgehead atoms. The molecule has 0 aliphatic rings. The van der Waals surface area contributed by atoms with Gasteiger partial charge in [0.05, 0.1) is 26.7 Å². The summed E-state index contributed by atoms with van der Waals surface area (Å²) in [6.07, 6.45) is 1.14. The summed E-state index contributed by atoms with van der Waals surface area (Å²) >= 11 is 3.43. The van der Waals surface area contributed by atoms with Crippen molar-refractivity contribution in [1.82, 2.24) is 5.32 Å². The van der Waals surface area contributed by atoms with Crippen LogP contribution in [-0.2, 0) is 11.2 Å². The van der Waals surface area contributed by atoms with E-state index in [0.717, 1.165) is 22.0 Å². The first-order valence-electron chi connectivity index (χ1n) is 7.83. The van der Waals surface area contributed by atoms with Crippen molar-refractivity contribution in [2.75, 3.05) is 14.2 Å². The van der Waals surface area contributed by atoms with Crippen molar-refractivity contribution in [2.24, 2.45) is 0 Å². The highest BCUT2D eigenvalue weighted by Gasteiger charge is 2.15. The van der Waals surface area contributed by atoms with Gasteiger partial charge in [-0.05, 0) is 41.8 Å². The van der Waals surface area contributed by atoms with Crippen LogP contribution in [0.3, 0.4) is 0 Å². The third-order valence-electron chi connectivity index (χ3n) is 3.81. The Morgan fingerprint density at radius 2 is 1.88 bits per heavy atom. The molecule has 0 unspecified atom stereocenters. The van der Waals surface area contributed by atoms with Crippen LogP contribution in [0.4, 0.5) is 0 Å². The van der Waals surface area contributed by atoms with Crippen molar-refractivity contribution >= 4 is 21.8 Å². The number of amides is 1. The first-order valence-corrected chi connectivity index (χ1v) is 8.62. The number of carbonyl (C=O) groups excluding carboxylic acids is 1. The maximum atomic E-state index is 12.4. The summed E-state index contributed by atoms with van der Waals surface area (Å²) in [5, 5.41) is 3.09. The average Bonchev–Trinajstić information content (AvgIpc) is 2.59. The number of hydrogen-bond acceptors (Lipinski definition) is 3. The summed E-state index contributed by atoms with van der Waals surface area (Å²) in [5.74, 6) is 1.33. The number of halogens is 1. The molecule has 0 saturated heterocycles. The van der Waals surface area contributed by atoms with Gasteiger partial charge in [0, 0.05) is 4.47 Å². The van der Waals surface area contributed by atoms with Gasteiger partial charge in [-0.15, -0.1) is 0 Å². The fourth-order valence-corrected chi connectivity index (χ4v) is 3.01. The van der Waals surface area contributed by atoms with Crippen LogP contribution in [-0.4, -0.2) is 20.1 Å². The SMILES string of the molecule is CC[C@H](NC(=O)Cc1cccc(Br)c1)c1ccc(OC)c(OC)c1. The average molecular weight is 392 g/mol. The summed E-state index contributed by atoms with van der Waals surface area (Å²) in [6, 6.07) is 13.4. The molecule has 24 heavy (non-hydrogen) atoms. The van der Waals surface area contributed by atoms with E-state index in [1.165, 1.54) is 0 Å². The minimum Gasteiger partial charge on any atom is -0.493 e. The quantitative estimate of drug-likeness (QED) is 0.765. The molecule has 1 amide bonds. The van der Waals surface area contributed by atoms with Crippen molar-refractivity contribution in [2.45, 2.75) is 25.8 Å². The second-order valence-corrected chi connectivity index (χ2v) is 6.37. The minimum atomic E-state index is -0.0653. The highest BCUT2D eigenvalue weighted by Crippen LogP contribution is 2.30. The molecule has 1 N–H and O–H groups in total. The molecule has 0 aromatic heterocycles. The molecule has 2 aromatic carbocycles. The molecule has 1 atom stereocenters. The topological polar surface area (TPSA) is 47.6 Å². The molecule has 0 aliphatic heterocycles. The number of benzene rings is 2. The highest BCUT2D eigenvalue weighted by atomic mass is 79.9. The van der Waals surface area contributed by atoms with Crippen molar-refractivity contribution < 1.29 is 14.3 Å². The molecule has 0 heterocycles. The molecular weight excluding hydrogens is 370 g/mol. The Bertz CT molecular complexity index is 703. The van der Waals surface area contributed by atoms with Crippen LogP contribution in [0.15, 0.2) is 46.9 Å². The smallest absolute Gasteiger partial charge is 0.224 e. The first-order chi connectivity index (χ1) is 11.6. The van der Waals surface area contributed by atoms with Crippen LogP contribution in [0.5, 0.6) is 11.5 Å². The summed E-state index contributed by atoms with van der Waals surface area (Å²) in [7, 11) is 3.21. The molecule has 0 radical (unpaired) electrons. The van der Waals surface area contributed by atoms with Crippen LogP contribution in [0.25, 0.3) is 0 Å². The Kier molecular flexibility index (Phi) is 6.67. The van der Waals surface area contributed by atoms with E-state index >= 15 is 0 Å². The highest BCUT2D eigenvalue weighted by molar-refractivity contribution is 9.10. The van der Waals surface area contributed by atoms with Gasteiger partial charge in [-0.3, -0.25) is 4.79 Å². The first kappa shape index (κ1) is 18.3. The largest absolute Gasteiger partial charge is 0.493 e. The molecule has 0 aliphatic carbocycles. The molecule has 2 rings (SSSR count). The Balaban J connectivity index is 2.09. The molecular formula is C19H22BrNO3. The van der Waals surface area contributed by atoms with E-state index in [0.29, 0.717) is 17.9 Å². The summed E-state index contributed by atoms with van der Waals surface area (Å²) in [6.45, 7) is 2.04. The Labute approximate surface area is 151 Å². The van der Waals surface area contributed by atoms with E-state index in [2.05, 4.69) is 21.2 Å². The normalized spacial score (nSPS) is 11.7. The van der Waals surface area contributed by atoms with Gasteiger partial charge in [-0.1, -0.05) is 41.1 Å². The number of nitrogens with one attached hydrogen (secondary N) is 1. The molecule has 0 saturated carbocycles. The maximum Gasteiger partial charge on any atom is 0.224 e. The van der Waals surface area contributed by atoms with E-state index in [1.807, 2.05) is 49.4 Å². The zero-order valence-corrected chi connectivity index (χ0v) is 15.7. The van der Waals surface area contributed by atoms with Gasteiger partial charge >= 0.3 is 0 Å². The third kappa shape index (κ3) is 4.74. The number of rotatable bonds is 7. The Hall–Kier alpha value is -2.01. The minimum absolute atomic E-state index is 0.00488. The standard InChI is InChI=1S/C19H22BrNO3/c1-4-16(14-8-9-17(23-2)18(12-14)24-3)21-19(22)11-13-6-5-7-15(20)10-13/h5-10,12,16H,4,11H2,1-3H3,(H,21,22)/t16-/m0/s1. The van der Waals surface area contributed by atoms with Crippen LogP contribution >= 0.6 is 15.9 Å². The van der Waals surface area contributed by atoms with Gasteiger partial charge in [0.1, 0.15) is 0 Å². The van der Waals surface area contributed by atoms with E-state index < -0.39 is 0 Å². The molecule has 128 valence electrons. The molecule has 0 spiro atoms. The molecule has 0 fully saturated rings. The number of methoxy groups -OCH3 is 2. The van der Waals surface area contributed by atoms with Gasteiger partial charge in [-0.25, -0.2) is 0 Å². The van der Waals surface area contributed by atoms with Gasteiger partial charge in [0.25, 0.3) is 0 Å². The monoisotopic (exact) mass is 391 g/mol. The Morgan fingerprint density at radius 3 is 2.50 bits per heavy atom. The lowest BCUT2D eigenvalue weighted by atomic mass is 10.0. The van der Waals surface area contributed by atoms with Crippen LogP contribution in [0.2, 0.25) is 0 Å². The summed E-state index contributed by atoms with van der Waals surface area (Å²) < 4.78 is 11.6. The zero-order valence-electron chi connectivity index (χ0n) is 14.1. The molecule has 2 aromatic rings. The van der Waals surface area contributed by atoms with E-state index in [4.69, 9.17) is 9.47 Å². The van der Waals surface area contributed by atoms with Crippen molar-refractivity contribution in [3.8, 4) is 11.5 Å². The second kappa shape index (κ2) is 8.73.